The summed E-state index contributed by atoms with van der Waals surface area (Å²) in [4.78, 5) is 25.6. The highest BCUT2D eigenvalue weighted by atomic mass is 32.2. The van der Waals surface area contributed by atoms with Gasteiger partial charge < -0.3 is 34.3 Å². The molecule has 6 unspecified atom stereocenters. The Morgan fingerprint density at radius 2 is 0.882 bits per heavy atom. The molecule has 1 saturated heterocycles. The smallest absolute Gasteiger partial charge is 0.306 e. The first-order valence-electron chi connectivity index (χ1n) is 27.2. The zero-order valence-electron chi connectivity index (χ0n) is 42.7. The number of carbonyl (C=O) groups excluding carboxylic acids is 2. The highest BCUT2D eigenvalue weighted by Gasteiger charge is 2.46. The monoisotopic (exact) mass is 983 g/mol. The molecular formula is C55H98O12S. The van der Waals surface area contributed by atoms with Crippen LogP contribution in [0.3, 0.4) is 0 Å². The van der Waals surface area contributed by atoms with Crippen molar-refractivity contribution in [1.82, 2.24) is 0 Å². The van der Waals surface area contributed by atoms with E-state index in [2.05, 4.69) is 62.5 Å². The molecule has 0 bridgehead atoms. The van der Waals surface area contributed by atoms with Crippen molar-refractivity contribution in [2.45, 2.75) is 269 Å². The van der Waals surface area contributed by atoms with Crippen LogP contribution in [0.15, 0.2) is 48.6 Å². The molecule has 0 aromatic rings. The van der Waals surface area contributed by atoms with E-state index in [-0.39, 0.29) is 19.4 Å². The molecule has 1 aliphatic rings. The predicted molar refractivity (Wildman–Crippen MR) is 275 cm³/mol. The first kappa shape index (κ1) is 63.6. The van der Waals surface area contributed by atoms with Crippen LogP contribution in [0.4, 0.5) is 0 Å². The number of ether oxygens (including phenoxy) is 4. The highest BCUT2D eigenvalue weighted by Crippen LogP contribution is 2.24. The summed E-state index contributed by atoms with van der Waals surface area (Å²) in [6.45, 7) is 3.75. The predicted octanol–water partition coefficient (Wildman–Crippen LogP) is 12.7. The quantitative estimate of drug-likeness (QED) is 0.0196. The number of hydrogen-bond acceptors (Lipinski definition) is 11. The SMILES string of the molecule is CCCCC/C=C\C/C=C\C/C=C\CCCCCCCCC(=O)OC(COC(=O)CCCCCCCCCCC/C=C\CCCCCCCCCC)COC1OC(CS(=O)(=O)O)C(O)C(O)C1O. The van der Waals surface area contributed by atoms with Crippen molar-refractivity contribution >= 4 is 22.1 Å². The summed E-state index contributed by atoms with van der Waals surface area (Å²) in [5.74, 6) is -2.00. The van der Waals surface area contributed by atoms with Gasteiger partial charge in [0.2, 0.25) is 0 Å². The van der Waals surface area contributed by atoms with E-state index < -0.39 is 71.2 Å². The summed E-state index contributed by atoms with van der Waals surface area (Å²) in [6, 6.07) is 0. The Labute approximate surface area is 413 Å². The van der Waals surface area contributed by atoms with Gasteiger partial charge in [-0.3, -0.25) is 14.1 Å². The van der Waals surface area contributed by atoms with Crippen molar-refractivity contribution in [3.63, 3.8) is 0 Å². The van der Waals surface area contributed by atoms with Crippen molar-refractivity contribution in [2.24, 2.45) is 0 Å². The van der Waals surface area contributed by atoms with Crippen LogP contribution in [0.5, 0.6) is 0 Å². The van der Waals surface area contributed by atoms with Crippen LogP contribution in [-0.4, -0.2) is 96.0 Å². The molecule has 0 aliphatic carbocycles. The lowest BCUT2D eigenvalue weighted by Crippen LogP contribution is -2.60. The first-order chi connectivity index (χ1) is 33.0. The molecular weight excluding hydrogens is 885 g/mol. The lowest BCUT2D eigenvalue weighted by molar-refractivity contribution is -0.297. The molecule has 0 saturated carbocycles. The van der Waals surface area contributed by atoms with Crippen molar-refractivity contribution in [2.75, 3.05) is 19.0 Å². The summed E-state index contributed by atoms with van der Waals surface area (Å²) in [7, 11) is -4.61. The molecule has 6 atom stereocenters. The van der Waals surface area contributed by atoms with Gasteiger partial charge in [-0.25, -0.2) is 0 Å². The van der Waals surface area contributed by atoms with Crippen molar-refractivity contribution in [3.8, 4) is 0 Å². The van der Waals surface area contributed by atoms with Gasteiger partial charge in [-0.2, -0.15) is 8.42 Å². The molecule has 1 fully saturated rings. The molecule has 396 valence electrons. The number of unbranched alkanes of at least 4 members (excludes halogenated alkanes) is 26. The van der Waals surface area contributed by atoms with E-state index in [1.165, 1.54) is 122 Å². The molecule has 1 heterocycles. The fraction of sp³-hybridized carbons (Fsp3) is 0.818. The Kier molecular flexibility index (Phi) is 41.7. The number of esters is 2. The number of allylic oxidation sites excluding steroid dienone is 8. The lowest BCUT2D eigenvalue weighted by Gasteiger charge is -2.40. The summed E-state index contributed by atoms with van der Waals surface area (Å²) >= 11 is 0. The van der Waals surface area contributed by atoms with Gasteiger partial charge in [0.25, 0.3) is 10.1 Å². The van der Waals surface area contributed by atoms with Crippen LogP contribution in [0.1, 0.15) is 232 Å². The Balaban J connectivity index is 2.36. The summed E-state index contributed by atoms with van der Waals surface area (Å²) in [6.07, 6.45) is 45.7. The van der Waals surface area contributed by atoms with Gasteiger partial charge in [-0.05, 0) is 77.0 Å². The summed E-state index contributed by atoms with van der Waals surface area (Å²) in [5.41, 5.74) is 0. The van der Waals surface area contributed by atoms with Crippen LogP contribution in [0, 0.1) is 0 Å². The van der Waals surface area contributed by atoms with Gasteiger partial charge in [0.15, 0.2) is 12.4 Å². The topological polar surface area (TPSA) is 186 Å². The van der Waals surface area contributed by atoms with Crippen molar-refractivity contribution in [1.29, 1.82) is 0 Å². The second-order valence-electron chi connectivity index (χ2n) is 18.9. The average Bonchev–Trinajstić information content (AvgIpc) is 3.31. The van der Waals surface area contributed by atoms with Gasteiger partial charge in [-0.1, -0.05) is 191 Å². The number of aliphatic hydroxyl groups excluding tert-OH is 3. The average molecular weight is 983 g/mol. The van der Waals surface area contributed by atoms with E-state index >= 15 is 0 Å². The largest absolute Gasteiger partial charge is 0.462 e. The third kappa shape index (κ3) is 38.4. The molecule has 0 aromatic carbocycles. The minimum absolute atomic E-state index is 0.149. The summed E-state index contributed by atoms with van der Waals surface area (Å²) < 4.78 is 54.3. The van der Waals surface area contributed by atoms with Crippen LogP contribution >= 0.6 is 0 Å². The van der Waals surface area contributed by atoms with Crippen LogP contribution in [-0.2, 0) is 38.7 Å². The normalized spacial score (nSPS) is 19.5. The van der Waals surface area contributed by atoms with Gasteiger partial charge in [0, 0.05) is 12.8 Å². The Morgan fingerprint density at radius 1 is 0.500 bits per heavy atom. The molecule has 4 N–H and O–H groups in total. The molecule has 13 heteroatoms. The third-order valence-corrected chi connectivity index (χ3v) is 13.1. The number of rotatable bonds is 46. The lowest BCUT2D eigenvalue weighted by atomic mass is 10.00. The second-order valence-corrected chi connectivity index (χ2v) is 20.4. The third-order valence-electron chi connectivity index (χ3n) is 12.4. The number of carbonyl (C=O) groups is 2. The van der Waals surface area contributed by atoms with Gasteiger partial charge in [0.05, 0.1) is 6.61 Å². The zero-order chi connectivity index (χ0) is 49.8. The van der Waals surface area contributed by atoms with Crippen molar-refractivity contribution in [3.05, 3.63) is 48.6 Å². The number of aliphatic hydroxyl groups is 3. The minimum Gasteiger partial charge on any atom is -0.462 e. The molecule has 0 spiro atoms. The maximum absolute atomic E-state index is 12.9. The van der Waals surface area contributed by atoms with Gasteiger partial charge in [-0.15, -0.1) is 0 Å². The molecule has 1 rings (SSSR count). The molecule has 68 heavy (non-hydrogen) atoms. The van der Waals surface area contributed by atoms with Crippen LogP contribution in [0.2, 0.25) is 0 Å². The van der Waals surface area contributed by atoms with E-state index in [4.69, 9.17) is 18.9 Å². The zero-order valence-corrected chi connectivity index (χ0v) is 43.5. The van der Waals surface area contributed by atoms with E-state index in [1.54, 1.807) is 0 Å². The maximum Gasteiger partial charge on any atom is 0.306 e. The van der Waals surface area contributed by atoms with Crippen molar-refractivity contribution < 1.29 is 56.8 Å². The molecule has 12 nitrogen and oxygen atoms in total. The van der Waals surface area contributed by atoms with Gasteiger partial charge >= 0.3 is 11.9 Å². The fourth-order valence-electron chi connectivity index (χ4n) is 8.15. The van der Waals surface area contributed by atoms with E-state index in [0.29, 0.717) is 12.8 Å². The van der Waals surface area contributed by atoms with E-state index in [0.717, 1.165) is 70.6 Å². The molecule has 0 amide bonds. The highest BCUT2D eigenvalue weighted by molar-refractivity contribution is 7.85. The molecule has 0 aromatic heterocycles. The van der Waals surface area contributed by atoms with Crippen LogP contribution < -0.4 is 0 Å². The first-order valence-corrected chi connectivity index (χ1v) is 28.8. The minimum atomic E-state index is -4.61. The Hall–Kier alpha value is -2.39. The van der Waals surface area contributed by atoms with E-state index in [1.807, 2.05) is 0 Å². The Morgan fingerprint density at radius 3 is 1.35 bits per heavy atom. The number of hydrogen-bond donors (Lipinski definition) is 4. The standard InChI is InChI=1S/C55H98O12S/c1-3-5-7-9-11-13-15-17-19-21-23-24-26-27-29-31-33-35-37-39-41-43-50(56)64-45-48(46-65-55-54(60)53(59)52(58)49(67-55)47-68(61,62)63)66-51(57)44-42-40-38-36-34-32-30-28-25-22-20-18-16-14-12-10-8-6-4-2/h12,14,18,20-21,23,25,28,48-49,52-55,58-60H,3-11,13,15-17,19,22,24,26-27,29-47H2,1-2H3,(H,61,62,63)/b14-12-,20-18-,23-21-,28-25-. The van der Waals surface area contributed by atoms with Gasteiger partial charge in [0.1, 0.15) is 36.8 Å². The van der Waals surface area contributed by atoms with Crippen LogP contribution in [0.25, 0.3) is 0 Å². The maximum atomic E-state index is 12.9. The molecule has 1 aliphatic heterocycles. The van der Waals surface area contributed by atoms with E-state index in [9.17, 15) is 37.9 Å². The Bertz CT molecular complexity index is 1430. The summed E-state index contributed by atoms with van der Waals surface area (Å²) in [5, 5.41) is 31.0. The second kappa shape index (κ2) is 44.5. The molecule has 0 radical (unpaired) electrons. The fourth-order valence-corrected chi connectivity index (χ4v) is 8.84.